The van der Waals surface area contributed by atoms with Crippen molar-refractivity contribution in [2.24, 2.45) is 0 Å². The van der Waals surface area contributed by atoms with Gasteiger partial charge in [-0.3, -0.25) is 9.78 Å². The Kier molecular flexibility index (Phi) is 3.67. The summed E-state index contributed by atoms with van der Waals surface area (Å²) in [7, 11) is 0. The first kappa shape index (κ1) is 12.2. The molecule has 0 unspecified atom stereocenters. The molecule has 0 saturated carbocycles. The van der Waals surface area contributed by atoms with Crippen molar-refractivity contribution in [3.05, 3.63) is 65.7 Å². The summed E-state index contributed by atoms with van der Waals surface area (Å²) < 4.78 is 12.8. The number of hydrogen-bond donors (Lipinski definition) is 1. The van der Waals surface area contributed by atoms with Gasteiger partial charge in [0.25, 0.3) is 0 Å². The molecule has 0 radical (unpaired) electrons. The second-order valence-electron chi connectivity index (χ2n) is 3.97. The molecule has 0 aliphatic heterocycles. The van der Waals surface area contributed by atoms with E-state index in [-0.39, 0.29) is 5.82 Å². The topological polar surface area (TPSA) is 50.2 Å². The van der Waals surface area contributed by atoms with Crippen molar-refractivity contribution in [3.8, 4) is 0 Å². The largest absolute Gasteiger partial charge is 0.481 e. The quantitative estimate of drug-likeness (QED) is 0.900. The second-order valence-corrected chi connectivity index (χ2v) is 3.97. The van der Waals surface area contributed by atoms with Gasteiger partial charge in [-0.15, -0.1) is 0 Å². The Morgan fingerprint density at radius 3 is 2.50 bits per heavy atom. The minimum Gasteiger partial charge on any atom is -0.481 e. The summed E-state index contributed by atoms with van der Waals surface area (Å²) in [6.07, 6.45) is 1.92. The van der Waals surface area contributed by atoms with Gasteiger partial charge in [-0.25, -0.2) is 4.39 Å². The Bertz CT molecular complexity index is 525. The predicted molar refractivity (Wildman–Crippen MR) is 64.7 cm³/mol. The lowest BCUT2D eigenvalue weighted by Gasteiger charge is -2.12. The van der Waals surface area contributed by atoms with E-state index in [2.05, 4.69) is 4.98 Å². The van der Waals surface area contributed by atoms with E-state index in [1.807, 2.05) is 6.07 Å². The molecule has 1 aromatic heterocycles. The van der Waals surface area contributed by atoms with Crippen LogP contribution in [-0.4, -0.2) is 16.1 Å². The third-order valence-electron chi connectivity index (χ3n) is 2.71. The molecule has 0 spiro atoms. The van der Waals surface area contributed by atoms with Crippen LogP contribution >= 0.6 is 0 Å². The van der Waals surface area contributed by atoms with Gasteiger partial charge in [-0.1, -0.05) is 18.2 Å². The van der Waals surface area contributed by atoms with E-state index in [0.29, 0.717) is 17.7 Å². The first-order valence-electron chi connectivity index (χ1n) is 5.55. The third-order valence-corrected chi connectivity index (χ3v) is 2.71. The molecule has 1 heterocycles. The first-order chi connectivity index (χ1) is 8.66. The molecule has 0 saturated heterocycles. The summed E-state index contributed by atoms with van der Waals surface area (Å²) in [5.41, 5.74) is 1.28. The minimum absolute atomic E-state index is 0.293. The van der Waals surface area contributed by atoms with Crippen LogP contribution in [0, 0.1) is 5.82 Å². The summed E-state index contributed by atoms with van der Waals surface area (Å²) in [5, 5.41) is 9.24. The van der Waals surface area contributed by atoms with Gasteiger partial charge in [0.05, 0.1) is 5.92 Å². The van der Waals surface area contributed by atoms with Crippen molar-refractivity contribution in [1.29, 1.82) is 0 Å². The number of carbonyl (C=O) groups is 1. The normalized spacial score (nSPS) is 12.1. The number of carboxylic acid groups (broad SMARTS) is 1. The SMILES string of the molecule is O=C(O)[C@@H](Cc1ccccn1)c1ccc(F)cc1. The molecular formula is C14H12FNO2. The number of aromatic nitrogens is 1. The van der Waals surface area contributed by atoms with Gasteiger partial charge in [0.2, 0.25) is 0 Å². The van der Waals surface area contributed by atoms with Gasteiger partial charge in [0.1, 0.15) is 5.82 Å². The van der Waals surface area contributed by atoms with E-state index in [9.17, 15) is 14.3 Å². The number of halogens is 1. The Morgan fingerprint density at radius 2 is 1.94 bits per heavy atom. The summed E-state index contributed by atoms with van der Waals surface area (Å²) in [6.45, 7) is 0. The highest BCUT2D eigenvalue weighted by molar-refractivity contribution is 5.76. The summed E-state index contributed by atoms with van der Waals surface area (Å²) in [5.74, 6) is -2.02. The smallest absolute Gasteiger partial charge is 0.311 e. The van der Waals surface area contributed by atoms with Crippen LogP contribution in [0.5, 0.6) is 0 Å². The molecule has 2 aromatic rings. The predicted octanol–water partition coefficient (Wildman–Crippen LogP) is 2.63. The molecule has 0 fully saturated rings. The molecule has 0 aliphatic carbocycles. The fourth-order valence-electron chi connectivity index (χ4n) is 1.77. The Hall–Kier alpha value is -2.23. The van der Waals surface area contributed by atoms with E-state index in [4.69, 9.17) is 0 Å². The third kappa shape index (κ3) is 2.91. The number of hydrogen-bond acceptors (Lipinski definition) is 2. The van der Waals surface area contributed by atoms with Gasteiger partial charge in [0.15, 0.2) is 0 Å². The number of aliphatic carboxylic acids is 1. The maximum atomic E-state index is 12.8. The molecule has 0 bridgehead atoms. The molecule has 4 heteroatoms. The van der Waals surface area contributed by atoms with Gasteiger partial charge >= 0.3 is 5.97 Å². The highest BCUT2D eigenvalue weighted by Gasteiger charge is 2.20. The lowest BCUT2D eigenvalue weighted by atomic mass is 9.94. The van der Waals surface area contributed by atoms with Gasteiger partial charge in [-0.05, 0) is 29.8 Å². The Morgan fingerprint density at radius 1 is 1.22 bits per heavy atom. The fourth-order valence-corrected chi connectivity index (χ4v) is 1.77. The van der Waals surface area contributed by atoms with Crippen molar-refractivity contribution in [2.45, 2.75) is 12.3 Å². The van der Waals surface area contributed by atoms with Crippen LogP contribution < -0.4 is 0 Å². The Balaban J connectivity index is 2.24. The standard InChI is InChI=1S/C14H12FNO2/c15-11-6-4-10(5-7-11)13(14(17)18)9-12-3-1-2-8-16-12/h1-8,13H,9H2,(H,17,18)/t13-/m0/s1. The molecule has 92 valence electrons. The second kappa shape index (κ2) is 5.40. The molecular weight excluding hydrogens is 233 g/mol. The molecule has 3 nitrogen and oxygen atoms in total. The fraction of sp³-hybridized carbons (Fsp3) is 0.143. The number of rotatable bonds is 4. The van der Waals surface area contributed by atoms with Crippen LogP contribution in [0.1, 0.15) is 17.2 Å². The van der Waals surface area contributed by atoms with Crippen LogP contribution in [0.2, 0.25) is 0 Å². The molecule has 1 N–H and O–H groups in total. The van der Waals surface area contributed by atoms with Crippen molar-refractivity contribution in [1.82, 2.24) is 4.98 Å². The molecule has 1 atom stereocenters. The Labute approximate surface area is 104 Å². The first-order valence-corrected chi connectivity index (χ1v) is 5.55. The van der Waals surface area contributed by atoms with Crippen molar-refractivity contribution in [3.63, 3.8) is 0 Å². The van der Waals surface area contributed by atoms with E-state index in [0.717, 1.165) is 0 Å². The zero-order valence-electron chi connectivity index (χ0n) is 9.58. The van der Waals surface area contributed by atoms with Gasteiger partial charge < -0.3 is 5.11 Å². The van der Waals surface area contributed by atoms with Gasteiger partial charge in [0, 0.05) is 18.3 Å². The van der Waals surface area contributed by atoms with Crippen LogP contribution in [0.15, 0.2) is 48.7 Å². The van der Waals surface area contributed by atoms with Crippen molar-refractivity contribution < 1.29 is 14.3 Å². The van der Waals surface area contributed by atoms with Crippen LogP contribution in [0.3, 0.4) is 0 Å². The number of pyridine rings is 1. The molecule has 18 heavy (non-hydrogen) atoms. The molecule has 1 aromatic carbocycles. The number of nitrogens with zero attached hydrogens (tertiary/aromatic N) is 1. The van der Waals surface area contributed by atoms with Gasteiger partial charge in [-0.2, -0.15) is 0 Å². The lowest BCUT2D eigenvalue weighted by molar-refractivity contribution is -0.138. The van der Waals surface area contributed by atoms with Crippen LogP contribution in [0.4, 0.5) is 4.39 Å². The zero-order valence-corrected chi connectivity index (χ0v) is 9.58. The van der Waals surface area contributed by atoms with E-state index in [1.54, 1.807) is 18.3 Å². The number of benzene rings is 1. The highest BCUT2D eigenvalue weighted by Crippen LogP contribution is 2.20. The number of carboxylic acids is 1. The van der Waals surface area contributed by atoms with E-state index < -0.39 is 11.9 Å². The highest BCUT2D eigenvalue weighted by atomic mass is 19.1. The summed E-state index contributed by atoms with van der Waals surface area (Å²) >= 11 is 0. The van der Waals surface area contributed by atoms with Crippen LogP contribution in [-0.2, 0) is 11.2 Å². The average Bonchev–Trinajstić information content (AvgIpc) is 2.38. The summed E-state index contributed by atoms with van der Waals surface area (Å²) in [4.78, 5) is 15.4. The van der Waals surface area contributed by atoms with Crippen molar-refractivity contribution >= 4 is 5.97 Å². The van der Waals surface area contributed by atoms with E-state index >= 15 is 0 Å². The zero-order chi connectivity index (χ0) is 13.0. The molecule has 0 amide bonds. The molecule has 2 rings (SSSR count). The van der Waals surface area contributed by atoms with Crippen molar-refractivity contribution in [2.75, 3.05) is 0 Å². The molecule has 0 aliphatic rings. The maximum Gasteiger partial charge on any atom is 0.311 e. The van der Waals surface area contributed by atoms with Crippen LogP contribution in [0.25, 0.3) is 0 Å². The lowest BCUT2D eigenvalue weighted by Crippen LogP contribution is -2.15. The van der Waals surface area contributed by atoms with E-state index in [1.165, 1.54) is 24.3 Å². The average molecular weight is 245 g/mol. The monoisotopic (exact) mass is 245 g/mol. The summed E-state index contributed by atoms with van der Waals surface area (Å²) in [6, 6.07) is 10.9. The minimum atomic E-state index is -0.938. The maximum absolute atomic E-state index is 12.8.